The summed E-state index contributed by atoms with van der Waals surface area (Å²) in [5.74, 6) is -0.135. The van der Waals surface area contributed by atoms with Crippen LogP contribution in [0.25, 0.3) is 0 Å². The van der Waals surface area contributed by atoms with Gasteiger partial charge < -0.3 is 10.1 Å². The Hall–Kier alpha value is -1.97. The van der Waals surface area contributed by atoms with E-state index >= 15 is 0 Å². The molecule has 0 saturated carbocycles. The number of ketones is 1. The number of Topliss-reactive ketones (excluding diaryl/α,β-unsaturated/α-hetero) is 1. The van der Waals surface area contributed by atoms with E-state index < -0.39 is 0 Å². The predicted molar refractivity (Wildman–Crippen MR) is 97.2 cm³/mol. The van der Waals surface area contributed by atoms with E-state index in [0.29, 0.717) is 22.9 Å². The van der Waals surface area contributed by atoms with Crippen molar-refractivity contribution >= 4 is 29.8 Å². The molecule has 5 nitrogen and oxygen atoms in total. The lowest BCUT2D eigenvalue weighted by molar-refractivity contribution is 0.0277. The molecule has 130 valence electrons. The van der Waals surface area contributed by atoms with Gasteiger partial charge in [-0.3, -0.25) is 9.78 Å². The number of benzene rings is 1. The van der Waals surface area contributed by atoms with Crippen molar-refractivity contribution in [2.75, 3.05) is 19.7 Å². The zero-order valence-corrected chi connectivity index (χ0v) is 14.9. The monoisotopic (exact) mass is 377 g/mol. The van der Waals surface area contributed by atoms with Gasteiger partial charge in [0, 0.05) is 30.7 Å². The van der Waals surface area contributed by atoms with Crippen LogP contribution in [0, 0.1) is 11.3 Å². The second-order valence-corrected chi connectivity index (χ2v) is 5.97. The summed E-state index contributed by atoms with van der Waals surface area (Å²) in [5.41, 5.74) is 2.50. The van der Waals surface area contributed by atoms with E-state index in [1.807, 2.05) is 24.3 Å². The Balaban J connectivity index is 0.00000225. The Morgan fingerprint density at radius 2 is 2.24 bits per heavy atom. The molecule has 0 spiro atoms. The Kier molecular flexibility index (Phi) is 6.91. The SMILES string of the molecule is Cl.N#Cc1ccc(C(=O)Cc2ccc([C@H]3CNCCO3)cc2Cl)nc1. The third kappa shape index (κ3) is 4.77. The summed E-state index contributed by atoms with van der Waals surface area (Å²) in [6.45, 7) is 2.28. The van der Waals surface area contributed by atoms with Crippen LogP contribution in [0.2, 0.25) is 5.02 Å². The minimum atomic E-state index is -0.135. The highest BCUT2D eigenvalue weighted by molar-refractivity contribution is 6.31. The molecule has 1 N–H and O–H groups in total. The van der Waals surface area contributed by atoms with E-state index in [2.05, 4.69) is 10.3 Å². The second-order valence-electron chi connectivity index (χ2n) is 5.56. The Morgan fingerprint density at radius 1 is 1.40 bits per heavy atom. The number of hydrogen-bond donors (Lipinski definition) is 1. The maximum Gasteiger partial charge on any atom is 0.185 e. The molecule has 1 fully saturated rings. The highest BCUT2D eigenvalue weighted by Gasteiger charge is 2.18. The molecule has 2 aromatic rings. The molecule has 25 heavy (non-hydrogen) atoms. The lowest BCUT2D eigenvalue weighted by Crippen LogP contribution is -2.33. The molecule has 0 radical (unpaired) electrons. The van der Waals surface area contributed by atoms with Crippen molar-refractivity contribution in [1.29, 1.82) is 5.26 Å². The number of carbonyl (C=O) groups excluding carboxylic acids is 1. The van der Waals surface area contributed by atoms with Crippen LogP contribution in [0.3, 0.4) is 0 Å². The van der Waals surface area contributed by atoms with Crippen LogP contribution in [0.4, 0.5) is 0 Å². The third-order valence-corrected chi connectivity index (χ3v) is 4.26. The van der Waals surface area contributed by atoms with Crippen LogP contribution >= 0.6 is 24.0 Å². The number of halogens is 2. The predicted octanol–water partition coefficient (Wildman–Crippen LogP) is 3.11. The zero-order chi connectivity index (χ0) is 16.9. The number of morpholine rings is 1. The number of carbonyl (C=O) groups is 1. The van der Waals surface area contributed by atoms with Crippen LogP contribution in [0.5, 0.6) is 0 Å². The molecule has 3 rings (SSSR count). The van der Waals surface area contributed by atoms with Crippen LogP contribution in [-0.4, -0.2) is 30.5 Å². The molecule has 1 saturated heterocycles. The molecule has 0 amide bonds. The normalized spacial score (nSPS) is 16.6. The summed E-state index contributed by atoms with van der Waals surface area (Å²) in [6.07, 6.45) is 1.55. The minimum absolute atomic E-state index is 0. The van der Waals surface area contributed by atoms with Gasteiger partial charge in [-0.2, -0.15) is 5.26 Å². The van der Waals surface area contributed by atoms with E-state index in [4.69, 9.17) is 21.6 Å². The maximum absolute atomic E-state index is 12.3. The summed E-state index contributed by atoms with van der Waals surface area (Å²) < 4.78 is 5.71. The summed E-state index contributed by atoms with van der Waals surface area (Å²) in [5, 5.41) is 12.6. The fourth-order valence-corrected chi connectivity index (χ4v) is 2.83. The van der Waals surface area contributed by atoms with Gasteiger partial charge in [-0.25, -0.2) is 0 Å². The number of ether oxygens (including phenoxy) is 1. The van der Waals surface area contributed by atoms with Crippen molar-refractivity contribution in [3.05, 3.63) is 63.9 Å². The van der Waals surface area contributed by atoms with Crippen LogP contribution in [-0.2, 0) is 11.2 Å². The third-order valence-electron chi connectivity index (χ3n) is 3.91. The molecule has 0 bridgehead atoms. The Morgan fingerprint density at radius 3 is 2.84 bits per heavy atom. The number of aromatic nitrogens is 1. The largest absolute Gasteiger partial charge is 0.371 e. The lowest BCUT2D eigenvalue weighted by atomic mass is 10.0. The highest BCUT2D eigenvalue weighted by Crippen LogP contribution is 2.25. The van der Waals surface area contributed by atoms with Crippen LogP contribution in [0.15, 0.2) is 36.5 Å². The molecule has 7 heteroatoms. The van der Waals surface area contributed by atoms with Crippen molar-refractivity contribution in [1.82, 2.24) is 10.3 Å². The van der Waals surface area contributed by atoms with Crippen molar-refractivity contribution in [2.24, 2.45) is 0 Å². The van der Waals surface area contributed by atoms with Crippen LogP contribution < -0.4 is 5.32 Å². The van der Waals surface area contributed by atoms with Crippen molar-refractivity contribution in [3.8, 4) is 6.07 Å². The molecule has 0 aliphatic carbocycles. The number of pyridine rings is 1. The quantitative estimate of drug-likeness (QED) is 0.828. The van der Waals surface area contributed by atoms with E-state index in [1.165, 1.54) is 6.20 Å². The number of nitrogens with one attached hydrogen (secondary N) is 1. The van der Waals surface area contributed by atoms with Gasteiger partial charge in [0.25, 0.3) is 0 Å². The molecule has 1 aromatic carbocycles. The molecular formula is C18H17Cl2N3O2. The first kappa shape index (κ1) is 19.4. The fourth-order valence-electron chi connectivity index (χ4n) is 2.58. The summed E-state index contributed by atoms with van der Waals surface area (Å²) >= 11 is 6.34. The summed E-state index contributed by atoms with van der Waals surface area (Å²) in [7, 11) is 0. The number of rotatable bonds is 4. The van der Waals surface area contributed by atoms with Gasteiger partial charge >= 0.3 is 0 Å². The van der Waals surface area contributed by atoms with Crippen molar-refractivity contribution in [2.45, 2.75) is 12.5 Å². The summed E-state index contributed by atoms with van der Waals surface area (Å²) in [6, 6.07) is 10.8. The molecule has 1 aliphatic rings. The van der Waals surface area contributed by atoms with Gasteiger partial charge in [0.1, 0.15) is 11.8 Å². The van der Waals surface area contributed by atoms with Gasteiger partial charge in [-0.05, 0) is 29.3 Å². The van der Waals surface area contributed by atoms with Gasteiger partial charge in [0.05, 0.1) is 18.3 Å². The molecule has 1 atom stereocenters. The number of nitrogens with zero attached hydrogens (tertiary/aromatic N) is 2. The number of nitriles is 1. The molecule has 1 aliphatic heterocycles. The van der Waals surface area contributed by atoms with E-state index in [9.17, 15) is 4.79 Å². The average Bonchev–Trinajstić information content (AvgIpc) is 2.64. The average molecular weight is 378 g/mol. The first-order valence-corrected chi connectivity index (χ1v) is 8.05. The fraction of sp³-hybridized carbons (Fsp3) is 0.278. The standard InChI is InChI=1S/C18H16ClN3O2.ClH/c19-15-7-14(18-11-21-5-6-24-18)3-2-13(15)8-17(23)16-4-1-12(9-20)10-22-16;/h1-4,7,10,18,21H,5-6,8,11H2;1H/t18-;/m1./s1. The first-order valence-electron chi connectivity index (χ1n) is 7.67. The maximum atomic E-state index is 12.3. The molecule has 1 aromatic heterocycles. The molecule has 2 heterocycles. The van der Waals surface area contributed by atoms with Crippen molar-refractivity contribution in [3.63, 3.8) is 0 Å². The molecular weight excluding hydrogens is 361 g/mol. The molecule has 0 unspecified atom stereocenters. The van der Waals surface area contributed by atoms with Gasteiger partial charge in [-0.15, -0.1) is 12.4 Å². The smallest absolute Gasteiger partial charge is 0.185 e. The topological polar surface area (TPSA) is 75.0 Å². The minimum Gasteiger partial charge on any atom is -0.371 e. The number of hydrogen-bond acceptors (Lipinski definition) is 5. The highest BCUT2D eigenvalue weighted by atomic mass is 35.5. The second kappa shape index (κ2) is 8.93. The Labute approximate surface area is 157 Å². The lowest BCUT2D eigenvalue weighted by Gasteiger charge is -2.24. The summed E-state index contributed by atoms with van der Waals surface area (Å²) in [4.78, 5) is 16.3. The van der Waals surface area contributed by atoms with E-state index in [-0.39, 0.29) is 30.7 Å². The van der Waals surface area contributed by atoms with Gasteiger partial charge in [0.2, 0.25) is 0 Å². The zero-order valence-electron chi connectivity index (χ0n) is 13.4. The Bertz CT molecular complexity index is 782. The van der Waals surface area contributed by atoms with Crippen LogP contribution in [0.1, 0.15) is 33.3 Å². The first-order chi connectivity index (χ1) is 11.7. The van der Waals surface area contributed by atoms with Gasteiger partial charge in [-0.1, -0.05) is 23.7 Å². The van der Waals surface area contributed by atoms with Crippen molar-refractivity contribution < 1.29 is 9.53 Å². The van der Waals surface area contributed by atoms with Gasteiger partial charge in [0.15, 0.2) is 5.78 Å². The van der Waals surface area contributed by atoms with E-state index in [0.717, 1.165) is 24.2 Å². The van der Waals surface area contributed by atoms with E-state index in [1.54, 1.807) is 12.1 Å².